The topological polar surface area (TPSA) is 97.5 Å². The van der Waals surface area contributed by atoms with Gasteiger partial charge in [0.05, 0.1) is 12.2 Å². The molecule has 1 aliphatic rings. The van der Waals surface area contributed by atoms with Crippen LogP contribution in [0.15, 0.2) is 0 Å². The van der Waals surface area contributed by atoms with E-state index in [0.717, 1.165) is 12.8 Å². The zero-order valence-corrected chi connectivity index (χ0v) is 17.7. The van der Waals surface area contributed by atoms with Gasteiger partial charge in [-0.2, -0.15) is 0 Å². The Hall–Kier alpha value is -2.31. The Morgan fingerprint density at radius 2 is 1.86 bits per heavy atom. The lowest BCUT2D eigenvalue weighted by atomic mass is 9.78. The van der Waals surface area contributed by atoms with E-state index in [-0.39, 0.29) is 29.8 Å². The van der Waals surface area contributed by atoms with Gasteiger partial charge in [0.1, 0.15) is 5.69 Å². The lowest BCUT2D eigenvalue weighted by Crippen LogP contribution is -2.47. The number of nitrogens with one attached hydrogen (secondary N) is 2. The van der Waals surface area contributed by atoms with Crippen molar-refractivity contribution in [2.45, 2.75) is 73.0 Å². The summed E-state index contributed by atoms with van der Waals surface area (Å²) in [5.74, 6) is -0.496. The number of carbonyl (C=O) groups excluding carboxylic acids is 3. The molecule has 4 unspecified atom stereocenters. The summed E-state index contributed by atoms with van der Waals surface area (Å²) < 4.78 is 10.4. The van der Waals surface area contributed by atoms with Crippen molar-refractivity contribution in [3.8, 4) is 0 Å². The lowest BCUT2D eigenvalue weighted by molar-refractivity contribution is -0.130. The number of aromatic amines is 1. The molecule has 0 saturated heterocycles. The number of hydrogen-bond donors (Lipinski definition) is 2. The Balaban J connectivity index is 2.04. The summed E-state index contributed by atoms with van der Waals surface area (Å²) in [6.07, 6.45) is 2.28. The van der Waals surface area contributed by atoms with Crippen LogP contribution in [-0.2, 0) is 14.3 Å². The number of amides is 1. The highest BCUT2D eigenvalue weighted by atomic mass is 16.5. The molecule has 28 heavy (non-hydrogen) atoms. The van der Waals surface area contributed by atoms with E-state index in [2.05, 4.69) is 24.1 Å². The number of hydrogen-bond acceptors (Lipinski definition) is 5. The summed E-state index contributed by atoms with van der Waals surface area (Å²) in [7, 11) is 0. The maximum atomic E-state index is 12.6. The number of carbonyl (C=O) groups is 3. The van der Waals surface area contributed by atoms with Gasteiger partial charge in [0.15, 0.2) is 6.10 Å². The first-order valence-electron chi connectivity index (χ1n) is 10.0. The Morgan fingerprint density at radius 3 is 2.50 bits per heavy atom. The molecule has 1 heterocycles. The molecule has 0 aliphatic heterocycles. The first-order valence-corrected chi connectivity index (χ1v) is 10.0. The third kappa shape index (κ3) is 4.75. The Labute approximate surface area is 166 Å². The second-order valence-electron chi connectivity index (χ2n) is 7.78. The molecule has 1 aromatic heterocycles. The largest absolute Gasteiger partial charge is 0.461 e. The standard InChI is InChI=1S/C21H32N2O5/c1-7-27-21(26)18-13(4)17(14(5)22-18)20(25)28-15(6)19(24)23-16-10-8-9-11(2)12(16)3/h11-12,15-16,22H,7-10H2,1-6H3,(H,23,24). The molecular formula is C21H32N2O5. The van der Waals surface area contributed by atoms with Gasteiger partial charge in [0.25, 0.3) is 5.91 Å². The number of esters is 2. The van der Waals surface area contributed by atoms with Gasteiger partial charge in [-0.05, 0) is 51.5 Å². The van der Waals surface area contributed by atoms with Crippen LogP contribution < -0.4 is 5.32 Å². The van der Waals surface area contributed by atoms with E-state index < -0.39 is 18.0 Å². The molecule has 2 N–H and O–H groups in total. The van der Waals surface area contributed by atoms with E-state index in [0.29, 0.717) is 23.1 Å². The van der Waals surface area contributed by atoms with Crippen molar-refractivity contribution in [3.63, 3.8) is 0 Å². The molecule has 1 aromatic rings. The van der Waals surface area contributed by atoms with Crippen molar-refractivity contribution in [1.29, 1.82) is 0 Å². The number of aromatic nitrogens is 1. The predicted octanol–water partition coefficient (Wildman–Crippen LogP) is 3.29. The minimum Gasteiger partial charge on any atom is -0.461 e. The quantitative estimate of drug-likeness (QED) is 0.724. The first-order chi connectivity index (χ1) is 13.2. The molecule has 7 heteroatoms. The summed E-state index contributed by atoms with van der Waals surface area (Å²) in [4.78, 5) is 40.0. The number of rotatable bonds is 6. The zero-order valence-electron chi connectivity index (χ0n) is 17.7. The van der Waals surface area contributed by atoms with Crippen LogP contribution in [0.1, 0.15) is 79.1 Å². The third-order valence-electron chi connectivity index (χ3n) is 5.81. The molecule has 156 valence electrons. The molecule has 1 aliphatic carbocycles. The lowest BCUT2D eigenvalue weighted by Gasteiger charge is -2.35. The molecular weight excluding hydrogens is 360 g/mol. The summed E-state index contributed by atoms with van der Waals surface area (Å²) in [6, 6.07) is 0.101. The molecule has 0 aromatic carbocycles. The molecule has 0 spiro atoms. The maximum absolute atomic E-state index is 12.6. The monoisotopic (exact) mass is 392 g/mol. The average Bonchev–Trinajstić information content (AvgIpc) is 2.93. The number of H-pyrrole nitrogens is 1. The van der Waals surface area contributed by atoms with Crippen molar-refractivity contribution >= 4 is 17.8 Å². The van der Waals surface area contributed by atoms with Crippen molar-refractivity contribution in [1.82, 2.24) is 10.3 Å². The Morgan fingerprint density at radius 1 is 1.18 bits per heavy atom. The number of aryl methyl sites for hydroxylation is 1. The van der Waals surface area contributed by atoms with E-state index in [9.17, 15) is 14.4 Å². The zero-order chi connectivity index (χ0) is 21.0. The predicted molar refractivity (Wildman–Crippen MR) is 105 cm³/mol. The average molecular weight is 392 g/mol. The molecule has 4 atom stereocenters. The highest BCUT2D eigenvalue weighted by Crippen LogP contribution is 2.29. The fourth-order valence-corrected chi connectivity index (χ4v) is 3.82. The molecule has 1 saturated carbocycles. The normalized spacial score (nSPS) is 23.0. The second-order valence-corrected chi connectivity index (χ2v) is 7.78. The SMILES string of the molecule is CCOC(=O)c1[nH]c(C)c(C(=O)OC(C)C(=O)NC2CCCC(C)C2C)c1C. The smallest absolute Gasteiger partial charge is 0.355 e. The van der Waals surface area contributed by atoms with Crippen molar-refractivity contribution in [2.24, 2.45) is 11.8 Å². The summed E-state index contributed by atoms with van der Waals surface area (Å²) in [5.41, 5.74) is 1.46. The van der Waals surface area contributed by atoms with Crippen LogP contribution in [0.4, 0.5) is 0 Å². The van der Waals surface area contributed by atoms with Crippen LogP contribution in [0, 0.1) is 25.7 Å². The van der Waals surface area contributed by atoms with Gasteiger partial charge in [-0.25, -0.2) is 9.59 Å². The third-order valence-corrected chi connectivity index (χ3v) is 5.81. The molecule has 1 amide bonds. The van der Waals surface area contributed by atoms with Crippen molar-refractivity contribution in [3.05, 3.63) is 22.5 Å². The molecule has 7 nitrogen and oxygen atoms in total. The van der Waals surface area contributed by atoms with Gasteiger partial charge >= 0.3 is 11.9 Å². The van der Waals surface area contributed by atoms with E-state index in [1.165, 1.54) is 6.42 Å². The maximum Gasteiger partial charge on any atom is 0.355 e. The van der Waals surface area contributed by atoms with Gasteiger partial charge in [-0.15, -0.1) is 0 Å². The van der Waals surface area contributed by atoms with E-state index in [1.807, 2.05) is 0 Å². The van der Waals surface area contributed by atoms with E-state index in [4.69, 9.17) is 9.47 Å². The van der Waals surface area contributed by atoms with Gasteiger partial charge in [0.2, 0.25) is 0 Å². The van der Waals surface area contributed by atoms with Gasteiger partial charge in [0, 0.05) is 11.7 Å². The van der Waals surface area contributed by atoms with E-state index >= 15 is 0 Å². The van der Waals surface area contributed by atoms with Crippen LogP contribution in [0.25, 0.3) is 0 Å². The van der Waals surface area contributed by atoms with Crippen LogP contribution in [0.3, 0.4) is 0 Å². The Bertz CT molecular complexity index is 739. The molecule has 1 fully saturated rings. The summed E-state index contributed by atoms with van der Waals surface area (Å²) in [6.45, 7) is 11.2. The highest BCUT2D eigenvalue weighted by Gasteiger charge is 2.31. The molecule has 0 radical (unpaired) electrons. The number of ether oxygens (including phenoxy) is 2. The van der Waals surface area contributed by atoms with Crippen molar-refractivity contribution in [2.75, 3.05) is 6.61 Å². The summed E-state index contributed by atoms with van der Waals surface area (Å²) in [5, 5.41) is 3.03. The van der Waals surface area contributed by atoms with Crippen molar-refractivity contribution < 1.29 is 23.9 Å². The van der Waals surface area contributed by atoms with Crippen LogP contribution >= 0.6 is 0 Å². The highest BCUT2D eigenvalue weighted by molar-refractivity contribution is 5.99. The van der Waals surface area contributed by atoms with Crippen LogP contribution in [0.5, 0.6) is 0 Å². The second kappa shape index (κ2) is 9.26. The first kappa shape index (κ1) is 22.0. The minimum absolute atomic E-state index is 0.101. The Kier molecular flexibility index (Phi) is 7.27. The fraction of sp³-hybridized carbons (Fsp3) is 0.667. The molecule has 0 bridgehead atoms. The minimum atomic E-state index is -0.920. The fourth-order valence-electron chi connectivity index (χ4n) is 3.82. The van der Waals surface area contributed by atoms with E-state index in [1.54, 1.807) is 27.7 Å². The molecule has 2 rings (SSSR count). The van der Waals surface area contributed by atoms with Gasteiger partial charge in [-0.3, -0.25) is 4.79 Å². The van der Waals surface area contributed by atoms with Gasteiger partial charge in [-0.1, -0.05) is 26.7 Å². The summed E-state index contributed by atoms with van der Waals surface area (Å²) >= 11 is 0. The van der Waals surface area contributed by atoms with Crippen LogP contribution in [-0.4, -0.2) is 41.6 Å². The van der Waals surface area contributed by atoms with Gasteiger partial charge < -0.3 is 19.8 Å². The van der Waals surface area contributed by atoms with Crippen LogP contribution in [0.2, 0.25) is 0 Å².